The topological polar surface area (TPSA) is 59.4 Å². The maximum atomic E-state index is 13.1. The number of aryl methyl sites for hydroxylation is 1. The molecule has 0 spiro atoms. The van der Waals surface area contributed by atoms with Crippen LogP contribution in [0, 0.1) is 12.7 Å². The summed E-state index contributed by atoms with van der Waals surface area (Å²) in [5.74, 6) is -2.57. The van der Waals surface area contributed by atoms with E-state index in [1.807, 2.05) is 0 Å². The minimum Gasteiger partial charge on any atom is -0.479 e. The number of ether oxygens (including phenoxy) is 1. The van der Waals surface area contributed by atoms with Crippen LogP contribution in [0.15, 0.2) is 6.07 Å². The van der Waals surface area contributed by atoms with E-state index in [4.69, 9.17) is 5.11 Å². The smallest absolute Gasteiger partial charge is 0.338 e. The van der Waals surface area contributed by atoms with Gasteiger partial charge in [0.15, 0.2) is 5.82 Å². The van der Waals surface area contributed by atoms with Gasteiger partial charge in [0.25, 0.3) is 5.88 Å². The van der Waals surface area contributed by atoms with Gasteiger partial charge in [-0.25, -0.2) is 14.2 Å². The number of nitrogens with zero attached hydrogens (tertiary/aromatic N) is 1. The molecule has 0 bridgehead atoms. The first kappa shape index (κ1) is 9.44. The van der Waals surface area contributed by atoms with Gasteiger partial charge in [0.05, 0.1) is 7.11 Å². The molecule has 0 aliphatic rings. The van der Waals surface area contributed by atoms with E-state index in [1.54, 1.807) is 6.92 Å². The summed E-state index contributed by atoms with van der Waals surface area (Å²) in [6.45, 7) is 1.56. The fraction of sp³-hybridized carbons (Fsp3) is 0.250. The van der Waals surface area contributed by atoms with Gasteiger partial charge in [-0.3, -0.25) is 0 Å². The van der Waals surface area contributed by atoms with Crippen LogP contribution in [-0.4, -0.2) is 23.2 Å². The molecular weight excluding hydrogens is 177 g/mol. The van der Waals surface area contributed by atoms with Crippen molar-refractivity contribution < 1.29 is 19.0 Å². The Morgan fingerprint density at radius 3 is 2.77 bits per heavy atom. The second-order valence-electron chi connectivity index (χ2n) is 2.44. The van der Waals surface area contributed by atoms with Gasteiger partial charge < -0.3 is 9.84 Å². The Morgan fingerprint density at radius 2 is 2.31 bits per heavy atom. The summed E-state index contributed by atoms with van der Waals surface area (Å²) in [6, 6.07) is 1.15. The molecule has 5 heteroatoms. The van der Waals surface area contributed by atoms with Crippen molar-refractivity contribution in [1.29, 1.82) is 0 Å². The van der Waals surface area contributed by atoms with Crippen molar-refractivity contribution >= 4 is 5.97 Å². The molecule has 0 amide bonds. The van der Waals surface area contributed by atoms with E-state index in [0.29, 0.717) is 5.69 Å². The third-order valence-corrected chi connectivity index (χ3v) is 1.48. The molecule has 13 heavy (non-hydrogen) atoms. The third-order valence-electron chi connectivity index (χ3n) is 1.48. The fourth-order valence-corrected chi connectivity index (χ4v) is 0.920. The van der Waals surface area contributed by atoms with Gasteiger partial charge in [-0.2, -0.15) is 0 Å². The van der Waals surface area contributed by atoms with E-state index in [0.717, 1.165) is 6.07 Å². The molecule has 1 N–H and O–H groups in total. The van der Waals surface area contributed by atoms with Crippen LogP contribution in [0.2, 0.25) is 0 Å². The van der Waals surface area contributed by atoms with E-state index in [-0.39, 0.29) is 5.88 Å². The predicted octanol–water partition coefficient (Wildman–Crippen LogP) is 1.24. The van der Waals surface area contributed by atoms with Gasteiger partial charge in [-0.15, -0.1) is 0 Å². The molecular formula is C8H8FNO3. The van der Waals surface area contributed by atoms with E-state index < -0.39 is 17.3 Å². The quantitative estimate of drug-likeness (QED) is 0.752. The number of rotatable bonds is 2. The second kappa shape index (κ2) is 3.38. The molecule has 0 unspecified atom stereocenters. The number of hydrogen-bond acceptors (Lipinski definition) is 3. The fourth-order valence-electron chi connectivity index (χ4n) is 0.920. The second-order valence-corrected chi connectivity index (χ2v) is 2.44. The van der Waals surface area contributed by atoms with Gasteiger partial charge in [-0.1, -0.05) is 0 Å². The van der Waals surface area contributed by atoms with Crippen LogP contribution in [0.5, 0.6) is 5.88 Å². The summed E-state index contributed by atoms with van der Waals surface area (Å²) < 4.78 is 17.7. The van der Waals surface area contributed by atoms with Gasteiger partial charge in [0, 0.05) is 5.69 Å². The Hall–Kier alpha value is -1.65. The van der Waals surface area contributed by atoms with Crippen molar-refractivity contribution in [2.45, 2.75) is 6.92 Å². The van der Waals surface area contributed by atoms with Crippen LogP contribution in [0.1, 0.15) is 16.1 Å². The number of hydrogen-bond donors (Lipinski definition) is 1. The summed E-state index contributed by atoms with van der Waals surface area (Å²) in [7, 11) is 1.23. The summed E-state index contributed by atoms with van der Waals surface area (Å²) in [5.41, 5.74) is -0.0278. The highest BCUT2D eigenvalue weighted by atomic mass is 19.1. The van der Waals surface area contributed by atoms with Crippen molar-refractivity contribution in [2.75, 3.05) is 7.11 Å². The Kier molecular flexibility index (Phi) is 2.46. The summed E-state index contributed by atoms with van der Waals surface area (Å²) in [4.78, 5) is 14.2. The maximum Gasteiger partial charge on any atom is 0.338 e. The van der Waals surface area contributed by atoms with Crippen molar-refractivity contribution in [1.82, 2.24) is 4.98 Å². The van der Waals surface area contributed by atoms with Crippen molar-refractivity contribution in [3.8, 4) is 5.88 Å². The molecule has 1 aromatic rings. The monoisotopic (exact) mass is 185 g/mol. The lowest BCUT2D eigenvalue weighted by molar-refractivity contribution is 0.0690. The lowest BCUT2D eigenvalue weighted by Gasteiger charge is -2.04. The zero-order chi connectivity index (χ0) is 10.0. The molecule has 0 atom stereocenters. The maximum absolute atomic E-state index is 13.1. The van der Waals surface area contributed by atoms with Crippen molar-refractivity contribution in [2.24, 2.45) is 0 Å². The molecule has 0 aliphatic carbocycles. The molecule has 0 radical (unpaired) electrons. The zero-order valence-corrected chi connectivity index (χ0v) is 7.17. The highest BCUT2D eigenvalue weighted by Gasteiger charge is 2.16. The highest BCUT2D eigenvalue weighted by Crippen LogP contribution is 2.18. The average molecular weight is 185 g/mol. The van der Waals surface area contributed by atoms with E-state index >= 15 is 0 Å². The first-order valence-electron chi connectivity index (χ1n) is 3.50. The molecule has 0 saturated heterocycles. The van der Waals surface area contributed by atoms with Gasteiger partial charge in [-0.05, 0) is 13.0 Å². The van der Waals surface area contributed by atoms with Crippen LogP contribution in [0.3, 0.4) is 0 Å². The molecule has 0 saturated carbocycles. The van der Waals surface area contributed by atoms with Crippen LogP contribution >= 0.6 is 0 Å². The Bertz CT molecular complexity index is 351. The molecule has 4 nitrogen and oxygen atoms in total. The van der Waals surface area contributed by atoms with Gasteiger partial charge in [0.2, 0.25) is 0 Å². The average Bonchev–Trinajstić information content (AvgIpc) is 2.08. The van der Waals surface area contributed by atoms with Gasteiger partial charge in [0.1, 0.15) is 5.56 Å². The number of aromatic nitrogens is 1. The van der Waals surface area contributed by atoms with Crippen molar-refractivity contribution in [3.63, 3.8) is 0 Å². The third kappa shape index (κ3) is 1.74. The molecule has 0 aromatic carbocycles. The normalized spacial score (nSPS) is 9.77. The van der Waals surface area contributed by atoms with Crippen molar-refractivity contribution in [3.05, 3.63) is 23.1 Å². The van der Waals surface area contributed by atoms with Gasteiger partial charge >= 0.3 is 5.97 Å². The summed E-state index contributed by atoms with van der Waals surface area (Å²) in [6.07, 6.45) is 0. The Labute approximate surface area is 74.0 Å². The van der Waals surface area contributed by atoms with Crippen LogP contribution in [0.4, 0.5) is 4.39 Å². The number of carbonyl (C=O) groups is 1. The number of carboxylic acids is 1. The van der Waals surface area contributed by atoms with E-state index in [2.05, 4.69) is 9.72 Å². The van der Waals surface area contributed by atoms with Crippen LogP contribution in [0.25, 0.3) is 0 Å². The van der Waals surface area contributed by atoms with E-state index in [9.17, 15) is 9.18 Å². The number of aromatic carboxylic acids is 1. The molecule has 0 fully saturated rings. The minimum absolute atomic E-state index is 0.294. The lowest BCUT2D eigenvalue weighted by Crippen LogP contribution is -2.05. The molecule has 1 heterocycles. The summed E-state index contributed by atoms with van der Waals surface area (Å²) >= 11 is 0. The zero-order valence-electron chi connectivity index (χ0n) is 7.17. The SMILES string of the molecule is COc1nc(C)cc(C(=O)O)c1F. The number of methoxy groups -OCH3 is 1. The lowest BCUT2D eigenvalue weighted by atomic mass is 10.2. The molecule has 1 rings (SSSR count). The highest BCUT2D eigenvalue weighted by molar-refractivity contribution is 5.88. The number of carboxylic acid groups (broad SMARTS) is 1. The predicted molar refractivity (Wildman–Crippen MR) is 42.4 cm³/mol. The molecule has 0 aliphatic heterocycles. The standard InChI is InChI=1S/C8H8FNO3/c1-4-3-5(8(11)12)6(9)7(10-4)13-2/h3H,1-2H3,(H,11,12). The first-order valence-corrected chi connectivity index (χ1v) is 3.50. The summed E-state index contributed by atoms with van der Waals surface area (Å²) in [5, 5.41) is 8.59. The first-order chi connectivity index (χ1) is 6.06. The molecule has 1 aromatic heterocycles. The molecule has 70 valence electrons. The Morgan fingerprint density at radius 1 is 1.69 bits per heavy atom. The Balaban J connectivity index is 3.35. The van der Waals surface area contributed by atoms with Crippen LogP contribution < -0.4 is 4.74 Å². The van der Waals surface area contributed by atoms with E-state index in [1.165, 1.54) is 7.11 Å². The van der Waals surface area contributed by atoms with Crippen LogP contribution in [-0.2, 0) is 0 Å². The largest absolute Gasteiger partial charge is 0.479 e. The minimum atomic E-state index is -1.33. The number of pyridine rings is 1. The number of halogens is 1.